The van der Waals surface area contributed by atoms with Gasteiger partial charge < -0.3 is 10.1 Å². The maximum absolute atomic E-state index is 12.2. The Hall–Kier alpha value is -2.87. The van der Waals surface area contributed by atoms with Crippen LogP contribution in [-0.4, -0.2) is 33.2 Å². The summed E-state index contributed by atoms with van der Waals surface area (Å²) in [6, 6.07) is 13.4. The molecule has 0 aliphatic rings. The normalized spacial score (nSPS) is 10.8. The molecule has 0 spiro atoms. The molecular formula is C18H20N2O5S. The van der Waals surface area contributed by atoms with E-state index >= 15 is 0 Å². The lowest BCUT2D eigenvalue weighted by atomic mass is 10.1. The van der Waals surface area contributed by atoms with Crippen LogP contribution < -0.4 is 10.0 Å². The Kier molecular flexibility index (Phi) is 6.35. The summed E-state index contributed by atoms with van der Waals surface area (Å²) >= 11 is 0. The molecule has 0 heterocycles. The van der Waals surface area contributed by atoms with Gasteiger partial charge in [-0.3, -0.25) is 9.52 Å². The van der Waals surface area contributed by atoms with Gasteiger partial charge in [0.05, 0.1) is 17.5 Å². The van der Waals surface area contributed by atoms with Crippen molar-refractivity contribution in [2.45, 2.75) is 13.3 Å². The average Bonchev–Trinajstić information content (AvgIpc) is 2.59. The van der Waals surface area contributed by atoms with E-state index in [1.54, 1.807) is 18.2 Å². The van der Waals surface area contributed by atoms with Crippen molar-refractivity contribution in [1.29, 1.82) is 0 Å². The number of esters is 1. The van der Waals surface area contributed by atoms with E-state index in [1.807, 2.05) is 25.1 Å². The minimum atomic E-state index is -3.55. The molecule has 2 aromatic carbocycles. The van der Waals surface area contributed by atoms with Crippen molar-refractivity contribution in [1.82, 2.24) is 0 Å². The van der Waals surface area contributed by atoms with Crippen LogP contribution in [0.1, 0.15) is 22.8 Å². The van der Waals surface area contributed by atoms with E-state index in [0.29, 0.717) is 5.69 Å². The molecule has 7 nitrogen and oxygen atoms in total. The second-order valence-electron chi connectivity index (χ2n) is 5.60. The number of carbonyl (C=O) groups excluding carboxylic acids is 2. The number of aryl methyl sites for hydroxylation is 1. The predicted octanol–water partition coefficient (Wildman–Crippen LogP) is 2.42. The van der Waals surface area contributed by atoms with Crippen molar-refractivity contribution in [2.24, 2.45) is 0 Å². The molecule has 26 heavy (non-hydrogen) atoms. The van der Waals surface area contributed by atoms with Crippen molar-refractivity contribution in [2.75, 3.05) is 22.9 Å². The number of rotatable bonds is 7. The molecule has 0 unspecified atom stereocenters. The minimum absolute atomic E-state index is 0.0266. The Bertz CT molecular complexity index is 909. The standard InChI is InChI=1S/C18H20N2O5S/c1-3-13-7-6-8-14(11-13)19-17(21)12-25-18(22)15-9-4-5-10-16(15)20-26(2,23)24/h4-11,20H,3,12H2,1-2H3,(H,19,21). The fourth-order valence-corrected chi connectivity index (χ4v) is 2.80. The van der Waals surface area contributed by atoms with Crippen molar-refractivity contribution < 1.29 is 22.7 Å². The lowest BCUT2D eigenvalue weighted by molar-refractivity contribution is -0.119. The summed E-state index contributed by atoms with van der Waals surface area (Å²) in [6.07, 6.45) is 1.82. The highest BCUT2D eigenvalue weighted by Crippen LogP contribution is 2.17. The number of para-hydroxylation sites is 1. The Morgan fingerprint density at radius 2 is 1.81 bits per heavy atom. The second kappa shape index (κ2) is 8.48. The number of carbonyl (C=O) groups is 2. The maximum Gasteiger partial charge on any atom is 0.340 e. The van der Waals surface area contributed by atoms with Crippen LogP contribution in [0.25, 0.3) is 0 Å². The number of anilines is 2. The lowest BCUT2D eigenvalue weighted by Crippen LogP contribution is -2.22. The molecule has 0 saturated carbocycles. The first-order chi connectivity index (χ1) is 12.3. The third kappa shape index (κ3) is 5.89. The van der Waals surface area contributed by atoms with E-state index in [4.69, 9.17) is 4.74 Å². The Labute approximate surface area is 152 Å². The molecule has 2 N–H and O–H groups in total. The van der Waals surface area contributed by atoms with E-state index in [9.17, 15) is 18.0 Å². The smallest absolute Gasteiger partial charge is 0.340 e. The highest BCUT2D eigenvalue weighted by Gasteiger charge is 2.16. The summed E-state index contributed by atoms with van der Waals surface area (Å²) in [7, 11) is -3.55. The number of amides is 1. The van der Waals surface area contributed by atoms with Crippen LogP contribution in [0.3, 0.4) is 0 Å². The lowest BCUT2D eigenvalue weighted by Gasteiger charge is -2.11. The molecule has 2 aromatic rings. The van der Waals surface area contributed by atoms with Gasteiger partial charge in [-0.05, 0) is 36.2 Å². The molecule has 0 atom stereocenters. The highest BCUT2D eigenvalue weighted by atomic mass is 32.2. The van der Waals surface area contributed by atoms with Gasteiger partial charge in [-0.15, -0.1) is 0 Å². The third-order valence-corrected chi connectivity index (χ3v) is 3.99. The Morgan fingerprint density at radius 3 is 2.50 bits per heavy atom. The third-order valence-electron chi connectivity index (χ3n) is 3.40. The van der Waals surface area contributed by atoms with E-state index in [2.05, 4.69) is 10.0 Å². The number of benzene rings is 2. The molecule has 0 aromatic heterocycles. The zero-order chi connectivity index (χ0) is 19.2. The summed E-state index contributed by atoms with van der Waals surface area (Å²) in [5.41, 5.74) is 1.81. The molecule has 0 aliphatic heterocycles. The molecule has 0 aliphatic carbocycles. The number of hydrogen-bond donors (Lipinski definition) is 2. The van der Waals surface area contributed by atoms with Gasteiger partial charge in [0.25, 0.3) is 5.91 Å². The van der Waals surface area contributed by atoms with Gasteiger partial charge in [0.15, 0.2) is 6.61 Å². The molecule has 1 amide bonds. The topological polar surface area (TPSA) is 102 Å². The number of hydrogen-bond acceptors (Lipinski definition) is 5. The quantitative estimate of drug-likeness (QED) is 0.723. The fourth-order valence-electron chi connectivity index (χ4n) is 2.22. The van der Waals surface area contributed by atoms with Gasteiger partial charge in [-0.1, -0.05) is 31.2 Å². The van der Waals surface area contributed by atoms with Crippen LogP contribution >= 0.6 is 0 Å². The molecule has 0 saturated heterocycles. The molecule has 2 rings (SSSR count). The molecular weight excluding hydrogens is 356 g/mol. The summed E-state index contributed by atoms with van der Waals surface area (Å²) in [6.45, 7) is 1.52. The minimum Gasteiger partial charge on any atom is -0.452 e. The van der Waals surface area contributed by atoms with Crippen LogP contribution in [-0.2, 0) is 26.0 Å². The summed E-state index contributed by atoms with van der Waals surface area (Å²) in [5.74, 6) is -1.28. The number of ether oxygens (including phenoxy) is 1. The second-order valence-corrected chi connectivity index (χ2v) is 7.35. The van der Waals surface area contributed by atoms with Crippen LogP contribution in [0.4, 0.5) is 11.4 Å². The number of nitrogens with one attached hydrogen (secondary N) is 2. The van der Waals surface area contributed by atoms with Gasteiger partial charge in [-0.2, -0.15) is 0 Å². The van der Waals surface area contributed by atoms with E-state index < -0.39 is 28.5 Å². The van der Waals surface area contributed by atoms with Crippen LogP contribution in [0.15, 0.2) is 48.5 Å². The van der Waals surface area contributed by atoms with Gasteiger partial charge >= 0.3 is 5.97 Å². The first-order valence-electron chi connectivity index (χ1n) is 7.91. The molecule has 0 fully saturated rings. The van der Waals surface area contributed by atoms with Crippen molar-refractivity contribution in [3.8, 4) is 0 Å². The first-order valence-corrected chi connectivity index (χ1v) is 9.80. The van der Waals surface area contributed by atoms with Crippen LogP contribution in [0.2, 0.25) is 0 Å². The SMILES string of the molecule is CCc1cccc(NC(=O)COC(=O)c2ccccc2NS(C)(=O)=O)c1. The average molecular weight is 376 g/mol. The zero-order valence-corrected chi connectivity index (χ0v) is 15.3. The largest absolute Gasteiger partial charge is 0.452 e. The van der Waals surface area contributed by atoms with E-state index in [-0.39, 0.29) is 11.3 Å². The molecule has 0 radical (unpaired) electrons. The predicted molar refractivity (Wildman–Crippen MR) is 99.6 cm³/mol. The maximum atomic E-state index is 12.2. The van der Waals surface area contributed by atoms with Gasteiger partial charge in [0.1, 0.15) is 0 Å². The highest BCUT2D eigenvalue weighted by molar-refractivity contribution is 7.92. The van der Waals surface area contributed by atoms with Gasteiger partial charge in [-0.25, -0.2) is 13.2 Å². The molecule has 0 bridgehead atoms. The molecule has 138 valence electrons. The van der Waals surface area contributed by atoms with Crippen molar-refractivity contribution in [3.05, 3.63) is 59.7 Å². The summed E-state index contributed by atoms with van der Waals surface area (Å²) in [4.78, 5) is 24.1. The van der Waals surface area contributed by atoms with Crippen LogP contribution in [0.5, 0.6) is 0 Å². The number of sulfonamides is 1. The first kappa shape index (κ1) is 19.5. The van der Waals surface area contributed by atoms with Gasteiger partial charge in [0, 0.05) is 5.69 Å². The summed E-state index contributed by atoms with van der Waals surface area (Å²) in [5, 5.41) is 2.65. The van der Waals surface area contributed by atoms with E-state index in [0.717, 1.165) is 18.2 Å². The Morgan fingerprint density at radius 1 is 1.08 bits per heavy atom. The Balaban J connectivity index is 1.99. The molecule has 8 heteroatoms. The van der Waals surface area contributed by atoms with Crippen molar-refractivity contribution >= 4 is 33.3 Å². The monoisotopic (exact) mass is 376 g/mol. The van der Waals surface area contributed by atoms with Gasteiger partial charge in [0.2, 0.25) is 10.0 Å². The fraction of sp³-hybridized carbons (Fsp3) is 0.222. The summed E-state index contributed by atoms with van der Waals surface area (Å²) < 4.78 is 30.0. The zero-order valence-electron chi connectivity index (χ0n) is 14.5. The van der Waals surface area contributed by atoms with Crippen molar-refractivity contribution in [3.63, 3.8) is 0 Å². The van der Waals surface area contributed by atoms with E-state index in [1.165, 1.54) is 12.1 Å². The van der Waals surface area contributed by atoms with Crippen LogP contribution in [0, 0.1) is 0 Å².